The van der Waals surface area contributed by atoms with Gasteiger partial charge in [-0.3, -0.25) is 4.98 Å². The number of fused-ring (bicyclic) bond motifs is 1. The first-order valence-corrected chi connectivity index (χ1v) is 10.3. The second kappa shape index (κ2) is 8.27. The summed E-state index contributed by atoms with van der Waals surface area (Å²) in [6.45, 7) is 10.3. The Labute approximate surface area is 189 Å². The summed E-state index contributed by atoms with van der Waals surface area (Å²) < 4.78 is 40.2. The lowest BCUT2D eigenvalue weighted by Gasteiger charge is -2.22. The molecule has 0 atom stereocenters. The fourth-order valence-corrected chi connectivity index (χ4v) is 3.66. The molecule has 0 saturated heterocycles. The molecule has 0 unspecified atom stereocenters. The van der Waals surface area contributed by atoms with Gasteiger partial charge in [0.1, 0.15) is 11.8 Å². The molecule has 0 amide bonds. The second-order valence-corrected chi connectivity index (χ2v) is 8.59. The van der Waals surface area contributed by atoms with Crippen molar-refractivity contribution in [2.75, 3.05) is 5.32 Å². The van der Waals surface area contributed by atoms with E-state index in [2.05, 4.69) is 52.6 Å². The van der Waals surface area contributed by atoms with Gasteiger partial charge in [-0.05, 0) is 46.9 Å². The van der Waals surface area contributed by atoms with Crippen LogP contribution in [-0.4, -0.2) is 19.9 Å². The topological polar surface area (TPSA) is 63.6 Å². The Bertz CT molecular complexity index is 1340. The van der Waals surface area contributed by atoms with Crippen LogP contribution in [0.2, 0.25) is 0 Å². The number of aromatic nitrogens is 4. The average Bonchev–Trinajstić information content (AvgIpc) is 2.77. The first-order valence-electron chi connectivity index (χ1n) is 10.3. The molecule has 5 nitrogen and oxygen atoms in total. The molecule has 0 fully saturated rings. The molecule has 0 aliphatic rings. The molecule has 0 bridgehead atoms. The molecular formula is C25H22F3N5. The molecule has 8 heteroatoms. The number of halogens is 3. The van der Waals surface area contributed by atoms with Crippen molar-refractivity contribution in [2.45, 2.75) is 32.4 Å². The molecular weight excluding hydrogens is 427 g/mol. The van der Waals surface area contributed by atoms with Gasteiger partial charge in [-0.1, -0.05) is 39.5 Å². The van der Waals surface area contributed by atoms with Gasteiger partial charge >= 0.3 is 6.18 Å². The van der Waals surface area contributed by atoms with Crippen molar-refractivity contribution in [3.05, 3.63) is 78.4 Å². The van der Waals surface area contributed by atoms with E-state index in [4.69, 9.17) is 0 Å². The largest absolute Gasteiger partial charge is 0.418 e. The number of alkyl halides is 3. The minimum Gasteiger partial charge on any atom is -0.338 e. The minimum atomic E-state index is -4.53. The molecule has 1 N–H and O–H groups in total. The fourth-order valence-electron chi connectivity index (χ4n) is 3.66. The molecule has 1 aromatic carbocycles. The first kappa shape index (κ1) is 22.4. The van der Waals surface area contributed by atoms with E-state index in [0.29, 0.717) is 16.9 Å². The van der Waals surface area contributed by atoms with Gasteiger partial charge in [-0.2, -0.15) is 13.2 Å². The number of hydrogen-bond donors (Lipinski definition) is 1. The highest BCUT2D eigenvalue weighted by Gasteiger charge is 2.34. The Morgan fingerprint density at radius 3 is 2.42 bits per heavy atom. The Balaban J connectivity index is 1.74. The van der Waals surface area contributed by atoms with Crippen LogP contribution in [-0.2, 0) is 11.6 Å². The van der Waals surface area contributed by atoms with E-state index < -0.39 is 11.7 Å². The monoisotopic (exact) mass is 449 g/mol. The number of nitrogens with zero attached hydrogens (tertiary/aromatic N) is 4. The SMILES string of the molecule is C=Cc1cc(Nc2ncnc3cc(-c4ncccc4C(F)(F)F)cnc23)ccc1C(C)(C)C. The number of nitrogens with one attached hydrogen (secondary N) is 1. The second-order valence-electron chi connectivity index (χ2n) is 8.59. The number of pyridine rings is 2. The third-order valence-corrected chi connectivity index (χ3v) is 5.20. The van der Waals surface area contributed by atoms with Gasteiger partial charge in [0.25, 0.3) is 0 Å². The van der Waals surface area contributed by atoms with E-state index in [9.17, 15) is 13.2 Å². The summed E-state index contributed by atoms with van der Waals surface area (Å²) in [4.78, 5) is 16.8. The Morgan fingerprint density at radius 1 is 0.939 bits per heavy atom. The molecule has 3 aromatic heterocycles. The smallest absolute Gasteiger partial charge is 0.338 e. The van der Waals surface area contributed by atoms with E-state index in [1.807, 2.05) is 18.2 Å². The van der Waals surface area contributed by atoms with Crippen LogP contribution in [0.5, 0.6) is 0 Å². The van der Waals surface area contributed by atoms with Gasteiger partial charge in [0.15, 0.2) is 5.82 Å². The summed E-state index contributed by atoms with van der Waals surface area (Å²) >= 11 is 0. The molecule has 4 aromatic rings. The van der Waals surface area contributed by atoms with Crippen molar-refractivity contribution in [1.82, 2.24) is 19.9 Å². The van der Waals surface area contributed by atoms with Crippen LogP contribution < -0.4 is 5.32 Å². The summed E-state index contributed by atoms with van der Waals surface area (Å²) in [5.41, 5.74) is 2.95. The zero-order chi connectivity index (χ0) is 23.8. The fraction of sp³-hybridized carbons (Fsp3) is 0.200. The van der Waals surface area contributed by atoms with Crippen molar-refractivity contribution < 1.29 is 13.2 Å². The van der Waals surface area contributed by atoms with Gasteiger partial charge in [-0.25, -0.2) is 15.0 Å². The number of hydrogen-bond acceptors (Lipinski definition) is 5. The maximum Gasteiger partial charge on any atom is 0.418 e. The molecule has 0 aliphatic carbocycles. The van der Waals surface area contributed by atoms with E-state index in [0.717, 1.165) is 22.9 Å². The van der Waals surface area contributed by atoms with Gasteiger partial charge in [0.2, 0.25) is 0 Å². The number of benzene rings is 1. The van der Waals surface area contributed by atoms with Crippen molar-refractivity contribution in [1.29, 1.82) is 0 Å². The maximum absolute atomic E-state index is 13.4. The third-order valence-electron chi connectivity index (χ3n) is 5.20. The van der Waals surface area contributed by atoms with Gasteiger partial charge in [-0.15, -0.1) is 0 Å². The predicted molar refractivity (Wildman–Crippen MR) is 124 cm³/mol. The first-order chi connectivity index (χ1) is 15.6. The normalized spacial score (nSPS) is 12.1. The number of anilines is 2. The highest BCUT2D eigenvalue weighted by molar-refractivity contribution is 5.89. The maximum atomic E-state index is 13.4. The Kier molecular flexibility index (Phi) is 5.61. The van der Waals surface area contributed by atoms with Crippen LogP contribution in [0.4, 0.5) is 24.7 Å². The molecule has 33 heavy (non-hydrogen) atoms. The molecule has 0 saturated carbocycles. The molecule has 0 spiro atoms. The van der Waals surface area contributed by atoms with Gasteiger partial charge in [0, 0.05) is 23.6 Å². The zero-order valence-corrected chi connectivity index (χ0v) is 18.4. The molecule has 4 rings (SSSR count). The van der Waals surface area contributed by atoms with Crippen LogP contribution in [0, 0.1) is 0 Å². The van der Waals surface area contributed by atoms with Gasteiger partial charge in [0.05, 0.1) is 16.8 Å². The highest BCUT2D eigenvalue weighted by Crippen LogP contribution is 2.36. The van der Waals surface area contributed by atoms with E-state index in [-0.39, 0.29) is 16.7 Å². The van der Waals surface area contributed by atoms with Crippen molar-refractivity contribution in [3.63, 3.8) is 0 Å². The lowest BCUT2D eigenvalue weighted by atomic mass is 9.83. The minimum absolute atomic E-state index is 0.0393. The van der Waals surface area contributed by atoms with Crippen LogP contribution in [0.3, 0.4) is 0 Å². The molecule has 168 valence electrons. The van der Waals surface area contributed by atoms with E-state index in [1.54, 1.807) is 6.08 Å². The van der Waals surface area contributed by atoms with Crippen LogP contribution >= 0.6 is 0 Å². The summed E-state index contributed by atoms with van der Waals surface area (Å²) in [5.74, 6) is 0.446. The summed E-state index contributed by atoms with van der Waals surface area (Å²) in [6, 6.07) is 9.74. The quantitative estimate of drug-likeness (QED) is 0.372. The van der Waals surface area contributed by atoms with Crippen LogP contribution in [0.25, 0.3) is 28.4 Å². The lowest BCUT2D eigenvalue weighted by molar-refractivity contribution is -0.137. The van der Waals surface area contributed by atoms with Crippen molar-refractivity contribution in [2.24, 2.45) is 0 Å². The average molecular weight is 449 g/mol. The summed E-state index contributed by atoms with van der Waals surface area (Å²) in [6.07, 6.45) is 1.29. The molecule has 3 heterocycles. The van der Waals surface area contributed by atoms with E-state index >= 15 is 0 Å². The zero-order valence-electron chi connectivity index (χ0n) is 18.4. The molecule has 0 aliphatic heterocycles. The van der Waals surface area contributed by atoms with Crippen LogP contribution in [0.15, 0.2) is 61.7 Å². The summed E-state index contributed by atoms with van der Waals surface area (Å²) in [5, 5.41) is 3.24. The Morgan fingerprint density at radius 2 is 1.73 bits per heavy atom. The highest BCUT2D eigenvalue weighted by atomic mass is 19.4. The third kappa shape index (κ3) is 4.55. The van der Waals surface area contributed by atoms with Crippen LogP contribution in [0.1, 0.15) is 37.5 Å². The summed E-state index contributed by atoms with van der Waals surface area (Å²) in [7, 11) is 0. The molecule has 0 radical (unpaired) electrons. The predicted octanol–water partition coefficient (Wildman–Crippen LogP) is 6.79. The Hall–Kier alpha value is -3.81. The van der Waals surface area contributed by atoms with Gasteiger partial charge < -0.3 is 5.32 Å². The van der Waals surface area contributed by atoms with Crippen molar-refractivity contribution >= 4 is 28.6 Å². The standard InChI is InChI=1S/C25H22F3N5/c1-5-15-11-17(8-9-18(15)24(2,3)4)33-23-22-20(31-14-32-23)12-16(13-30-22)21-19(25(26,27)28)7-6-10-29-21/h5-14H,1H2,2-4H3,(H,31,32,33). The van der Waals surface area contributed by atoms with Crippen molar-refractivity contribution in [3.8, 4) is 11.3 Å². The lowest BCUT2D eigenvalue weighted by Crippen LogP contribution is -2.13. The van der Waals surface area contributed by atoms with E-state index in [1.165, 1.54) is 30.9 Å². The number of rotatable bonds is 4.